The van der Waals surface area contributed by atoms with Crippen LogP contribution in [-0.2, 0) is 9.53 Å². The average molecular weight is 258 g/mol. The number of nitrogens with one attached hydrogen (secondary N) is 2. The zero-order valence-electron chi connectivity index (χ0n) is 11.3. The Labute approximate surface area is 109 Å². The van der Waals surface area contributed by atoms with E-state index in [4.69, 9.17) is 4.74 Å². The lowest BCUT2D eigenvalue weighted by atomic mass is 9.82. The van der Waals surface area contributed by atoms with Gasteiger partial charge in [-0.1, -0.05) is 19.3 Å². The van der Waals surface area contributed by atoms with Crippen LogP contribution in [0.15, 0.2) is 0 Å². The fourth-order valence-corrected chi connectivity index (χ4v) is 2.39. The highest BCUT2D eigenvalue weighted by atomic mass is 16.5. The quantitative estimate of drug-likeness (QED) is 0.552. The van der Waals surface area contributed by atoms with Gasteiger partial charge in [0.2, 0.25) is 5.91 Å². The van der Waals surface area contributed by atoms with Crippen molar-refractivity contribution >= 4 is 5.91 Å². The number of aliphatic hydroxyl groups excluding tert-OH is 1. The van der Waals surface area contributed by atoms with Crippen molar-refractivity contribution in [3.8, 4) is 0 Å². The molecule has 106 valence electrons. The van der Waals surface area contributed by atoms with E-state index in [1.165, 1.54) is 6.42 Å². The molecule has 0 aromatic carbocycles. The summed E-state index contributed by atoms with van der Waals surface area (Å²) in [5, 5.41) is 15.6. The van der Waals surface area contributed by atoms with Gasteiger partial charge in [0.15, 0.2) is 0 Å². The number of hydrogen-bond acceptors (Lipinski definition) is 4. The molecule has 0 unspecified atom stereocenters. The Morgan fingerprint density at radius 3 is 2.67 bits per heavy atom. The predicted octanol–water partition coefficient (Wildman–Crippen LogP) is 0.424. The van der Waals surface area contributed by atoms with E-state index in [-0.39, 0.29) is 24.6 Å². The second-order valence-electron chi connectivity index (χ2n) is 5.05. The van der Waals surface area contributed by atoms with Crippen LogP contribution in [-0.4, -0.2) is 50.0 Å². The molecule has 3 N–H and O–H groups in total. The zero-order valence-corrected chi connectivity index (χ0v) is 11.3. The summed E-state index contributed by atoms with van der Waals surface area (Å²) in [7, 11) is 1.65. The minimum atomic E-state index is -0.234. The Hall–Kier alpha value is -0.650. The van der Waals surface area contributed by atoms with E-state index in [1.807, 2.05) is 0 Å². The molecule has 0 heterocycles. The standard InChI is InChI=1S/C13H26N2O3/c1-18-9-5-8-14-12(17)10-15-13(11-16)6-3-2-4-7-13/h15-16H,2-11H2,1H3,(H,14,17). The monoisotopic (exact) mass is 258 g/mol. The van der Waals surface area contributed by atoms with Gasteiger partial charge in [-0.25, -0.2) is 0 Å². The third-order valence-electron chi connectivity index (χ3n) is 3.58. The van der Waals surface area contributed by atoms with E-state index >= 15 is 0 Å². The number of carbonyl (C=O) groups excluding carboxylic acids is 1. The van der Waals surface area contributed by atoms with Gasteiger partial charge >= 0.3 is 0 Å². The van der Waals surface area contributed by atoms with Crippen molar-refractivity contribution in [1.82, 2.24) is 10.6 Å². The van der Waals surface area contributed by atoms with Gasteiger partial charge in [0.05, 0.1) is 13.2 Å². The Kier molecular flexibility index (Phi) is 7.23. The van der Waals surface area contributed by atoms with Gasteiger partial charge in [0.1, 0.15) is 0 Å². The molecular formula is C13H26N2O3. The van der Waals surface area contributed by atoms with Crippen LogP contribution in [0.25, 0.3) is 0 Å². The average Bonchev–Trinajstić information content (AvgIpc) is 2.42. The number of aliphatic hydroxyl groups is 1. The summed E-state index contributed by atoms with van der Waals surface area (Å²) in [5.41, 5.74) is -0.234. The summed E-state index contributed by atoms with van der Waals surface area (Å²) in [5.74, 6) is -0.00972. The third-order valence-corrected chi connectivity index (χ3v) is 3.58. The molecule has 5 heteroatoms. The lowest BCUT2D eigenvalue weighted by Gasteiger charge is -2.36. The Balaban J connectivity index is 2.19. The fraction of sp³-hybridized carbons (Fsp3) is 0.923. The minimum absolute atomic E-state index is 0.00972. The maximum absolute atomic E-state index is 11.6. The molecule has 1 fully saturated rings. The maximum atomic E-state index is 11.6. The molecule has 0 aliphatic heterocycles. The molecule has 0 aromatic rings. The summed E-state index contributed by atoms with van der Waals surface area (Å²) >= 11 is 0. The fourth-order valence-electron chi connectivity index (χ4n) is 2.39. The van der Waals surface area contributed by atoms with Gasteiger partial charge in [-0.15, -0.1) is 0 Å². The number of rotatable bonds is 8. The van der Waals surface area contributed by atoms with Crippen molar-refractivity contribution in [2.75, 3.05) is 33.4 Å². The first kappa shape index (κ1) is 15.4. The van der Waals surface area contributed by atoms with Crippen LogP contribution in [0.2, 0.25) is 0 Å². The lowest BCUT2D eigenvalue weighted by Crippen LogP contribution is -2.53. The highest BCUT2D eigenvalue weighted by Crippen LogP contribution is 2.27. The molecule has 0 saturated heterocycles. The van der Waals surface area contributed by atoms with Crippen LogP contribution >= 0.6 is 0 Å². The number of ether oxygens (including phenoxy) is 1. The van der Waals surface area contributed by atoms with Gasteiger partial charge in [0.25, 0.3) is 0 Å². The first-order valence-corrected chi connectivity index (χ1v) is 6.84. The van der Waals surface area contributed by atoms with Crippen molar-refractivity contribution in [3.63, 3.8) is 0 Å². The SMILES string of the molecule is COCCCNC(=O)CNC1(CO)CCCCC1. The topological polar surface area (TPSA) is 70.6 Å². The van der Waals surface area contributed by atoms with Crippen molar-refractivity contribution in [1.29, 1.82) is 0 Å². The first-order valence-electron chi connectivity index (χ1n) is 6.84. The van der Waals surface area contributed by atoms with Gasteiger partial charge in [0, 0.05) is 25.8 Å². The van der Waals surface area contributed by atoms with Gasteiger partial charge < -0.3 is 20.5 Å². The molecule has 1 saturated carbocycles. The molecule has 1 amide bonds. The smallest absolute Gasteiger partial charge is 0.233 e. The van der Waals surface area contributed by atoms with Crippen molar-refractivity contribution in [2.45, 2.75) is 44.1 Å². The molecule has 1 rings (SSSR count). The first-order chi connectivity index (χ1) is 8.72. The van der Waals surface area contributed by atoms with E-state index in [0.717, 1.165) is 32.1 Å². The van der Waals surface area contributed by atoms with E-state index in [9.17, 15) is 9.90 Å². The lowest BCUT2D eigenvalue weighted by molar-refractivity contribution is -0.120. The summed E-state index contributed by atoms with van der Waals surface area (Å²) in [4.78, 5) is 11.6. The molecule has 0 atom stereocenters. The number of carbonyl (C=O) groups is 1. The molecule has 0 aromatic heterocycles. The van der Waals surface area contributed by atoms with Crippen LogP contribution in [0.4, 0.5) is 0 Å². The molecule has 0 spiro atoms. The number of amides is 1. The zero-order chi connectivity index (χ0) is 13.3. The Morgan fingerprint density at radius 1 is 1.33 bits per heavy atom. The van der Waals surface area contributed by atoms with Gasteiger partial charge in [-0.3, -0.25) is 4.79 Å². The summed E-state index contributed by atoms with van der Waals surface area (Å²) < 4.78 is 4.91. The van der Waals surface area contributed by atoms with Crippen LogP contribution in [0.1, 0.15) is 38.5 Å². The third kappa shape index (κ3) is 5.33. The molecular weight excluding hydrogens is 232 g/mol. The summed E-state index contributed by atoms with van der Waals surface area (Å²) in [6.45, 7) is 1.70. The number of methoxy groups -OCH3 is 1. The molecule has 18 heavy (non-hydrogen) atoms. The Bertz CT molecular complexity index is 240. The normalized spacial score (nSPS) is 18.6. The molecule has 1 aliphatic carbocycles. The molecule has 1 aliphatic rings. The Morgan fingerprint density at radius 2 is 2.06 bits per heavy atom. The summed E-state index contributed by atoms with van der Waals surface area (Å²) in [6.07, 6.45) is 6.23. The van der Waals surface area contributed by atoms with Crippen LogP contribution < -0.4 is 10.6 Å². The predicted molar refractivity (Wildman–Crippen MR) is 70.4 cm³/mol. The second kappa shape index (κ2) is 8.45. The van der Waals surface area contributed by atoms with Crippen LogP contribution in [0.5, 0.6) is 0 Å². The van der Waals surface area contributed by atoms with Gasteiger partial charge in [-0.05, 0) is 19.3 Å². The minimum Gasteiger partial charge on any atom is -0.394 e. The highest BCUT2D eigenvalue weighted by Gasteiger charge is 2.31. The van der Waals surface area contributed by atoms with E-state index in [0.29, 0.717) is 13.2 Å². The van der Waals surface area contributed by atoms with Crippen LogP contribution in [0.3, 0.4) is 0 Å². The molecule has 0 radical (unpaired) electrons. The maximum Gasteiger partial charge on any atom is 0.233 e. The number of hydrogen-bond donors (Lipinski definition) is 3. The van der Waals surface area contributed by atoms with E-state index in [2.05, 4.69) is 10.6 Å². The van der Waals surface area contributed by atoms with Crippen molar-refractivity contribution in [2.24, 2.45) is 0 Å². The van der Waals surface area contributed by atoms with E-state index < -0.39 is 0 Å². The highest BCUT2D eigenvalue weighted by molar-refractivity contribution is 5.78. The van der Waals surface area contributed by atoms with Crippen molar-refractivity contribution < 1.29 is 14.6 Å². The van der Waals surface area contributed by atoms with E-state index in [1.54, 1.807) is 7.11 Å². The molecule has 5 nitrogen and oxygen atoms in total. The molecule has 0 bridgehead atoms. The second-order valence-corrected chi connectivity index (χ2v) is 5.05. The van der Waals surface area contributed by atoms with Gasteiger partial charge in [-0.2, -0.15) is 0 Å². The summed E-state index contributed by atoms with van der Waals surface area (Å²) in [6, 6.07) is 0. The van der Waals surface area contributed by atoms with Crippen molar-refractivity contribution in [3.05, 3.63) is 0 Å². The largest absolute Gasteiger partial charge is 0.394 e. The van der Waals surface area contributed by atoms with Crippen LogP contribution in [0, 0.1) is 0 Å².